The minimum atomic E-state index is -1.97. The Morgan fingerprint density at radius 2 is 1.28 bits per heavy atom. The first-order valence-electron chi connectivity index (χ1n) is 22.6. The highest BCUT2D eigenvalue weighted by molar-refractivity contribution is 6.89. The third kappa shape index (κ3) is 5.42. The topological polar surface area (TPSA) is 39.0 Å². The number of pyridine rings is 1. The second-order valence-electron chi connectivity index (χ2n) is 18.9. The molecule has 0 spiro atoms. The van der Waals surface area contributed by atoms with Crippen molar-refractivity contribution in [1.82, 2.24) is 4.57 Å². The average Bonchev–Trinajstić information content (AvgIpc) is 4.00. The Kier molecular flexibility index (Phi) is 8.07. The number of hydrogen-bond acceptors (Lipinski definition) is 2. The van der Waals surface area contributed by atoms with Crippen LogP contribution in [0, 0.1) is 0 Å². The fourth-order valence-corrected chi connectivity index (χ4v) is 12.9. The molecule has 0 saturated heterocycles. The monoisotopic (exact) mass is 845 g/mol. The Morgan fingerprint density at radius 1 is 0.625 bits per heavy atom. The molecule has 64 heavy (non-hydrogen) atoms. The summed E-state index contributed by atoms with van der Waals surface area (Å²) in [4.78, 5) is 0. The van der Waals surface area contributed by atoms with Gasteiger partial charge in [-0.3, -0.25) is 0 Å². The molecule has 6 heteroatoms. The second-order valence-corrected chi connectivity index (χ2v) is 23.9. The number of allylic oxidation sites excluding steroid dienone is 1. The van der Waals surface area contributed by atoms with Gasteiger partial charge in [-0.05, 0) is 72.0 Å². The van der Waals surface area contributed by atoms with E-state index in [-0.39, 0.29) is 12.0 Å². The standard InChI is InChI=1S/C58H47N3O2Si/c1-36-33-50-41(39-19-8-9-20-40(39)51-34-47(54(35-59(50)51)64(2,3)4)45-24-16-23-44-42-21-10-14-27-52(42)62-56(44)45)31-29-37-30-32-46-43-22-11-15-28-53(43)63-57(46)55(37)58-60(36)48-25-12-13-26-49(48)61(58)38-17-6-5-7-18-38/h5-28,30,32,34-35,41,50H,1,29,31,33H2,2-4H3/q+2. The van der Waals surface area contributed by atoms with Crippen LogP contribution in [0.25, 0.3) is 100 Å². The lowest BCUT2D eigenvalue weighted by atomic mass is 9.77. The molecule has 0 fully saturated rings. The smallest absolute Gasteiger partial charge is 0.304 e. The summed E-state index contributed by atoms with van der Waals surface area (Å²) in [6.07, 6.45) is 5.15. The summed E-state index contributed by atoms with van der Waals surface area (Å²) < 4.78 is 21.3. The maximum Gasteiger partial charge on any atom is 0.304 e. The quantitative estimate of drug-likeness (QED) is 0.131. The number of nitrogens with zero attached hydrogens (tertiary/aromatic N) is 3. The van der Waals surface area contributed by atoms with Crippen LogP contribution in [0.4, 0.5) is 0 Å². The van der Waals surface area contributed by atoms with Crippen molar-refractivity contribution >= 4 is 73.9 Å². The van der Waals surface area contributed by atoms with Gasteiger partial charge >= 0.3 is 5.82 Å². The fourth-order valence-electron chi connectivity index (χ4n) is 11.4. The van der Waals surface area contributed by atoms with Crippen LogP contribution in [0.15, 0.2) is 185 Å². The number of aryl methyl sites for hydroxylation is 1. The van der Waals surface area contributed by atoms with Crippen molar-refractivity contribution < 1.29 is 18.0 Å². The SMILES string of the molecule is C=C1CC2C(CCc3ccc4c(oc5ccccc54)c3-c3n(-c4ccccc4)c4ccccc4[n+]31)c1ccccc1-c1cc(-c3cccc4c3oc3ccccc34)c([Si](C)(C)C)c[n+]12. The number of aromatic nitrogens is 3. The first kappa shape index (κ1) is 37.3. The summed E-state index contributed by atoms with van der Waals surface area (Å²) in [6.45, 7) is 12.5. The molecule has 0 bridgehead atoms. The molecule has 4 aromatic heterocycles. The first-order valence-corrected chi connectivity index (χ1v) is 26.1. The van der Waals surface area contributed by atoms with E-state index in [1.807, 2.05) is 0 Å². The fraction of sp³-hybridized carbons (Fsp3) is 0.138. The Balaban J connectivity index is 1.08. The molecule has 13 rings (SSSR count). The van der Waals surface area contributed by atoms with Gasteiger partial charge in [0.1, 0.15) is 33.7 Å². The van der Waals surface area contributed by atoms with Gasteiger partial charge in [0.05, 0.1) is 14.5 Å². The van der Waals surface area contributed by atoms with Gasteiger partial charge in [0, 0.05) is 49.8 Å². The first-order chi connectivity index (χ1) is 31.3. The zero-order valence-electron chi connectivity index (χ0n) is 36.3. The van der Waals surface area contributed by atoms with Crippen LogP contribution in [0.5, 0.6) is 0 Å². The van der Waals surface area contributed by atoms with Crippen molar-refractivity contribution in [3.63, 3.8) is 0 Å². The molecule has 7 aromatic carbocycles. The summed E-state index contributed by atoms with van der Waals surface area (Å²) in [5, 5.41) is 6.01. The molecule has 2 unspecified atom stereocenters. The van der Waals surface area contributed by atoms with Gasteiger partial charge in [-0.25, -0.2) is 0 Å². The Labute approximate surface area is 372 Å². The zero-order valence-corrected chi connectivity index (χ0v) is 37.3. The van der Waals surface area contributed by atoms with Gasteiger partial charge < -0.3 is 8.83 Å². The molecule has 0 saturated carbocycles. The molecule has 0 N–H and O–H groups in total. The van der Waals surface area contributed by atoms with E-state index in [0.717, 1.165) is 103 Å². The molecule has 2 atom stereocenters. The van der Waals surface area contributed by atoms with Gasteiger partial charge in [-0.15, -0.1) is 0 Å². The highest BCUT2D eigenvalue weighted by atomic mass is 28.3. The average molecular weight is 846 g/mol. The third-order valence-electron chi connectivity index (χ3n) is 14.2. The summed E-state index contributed by atoms with van der Waals surface area (Å²) in [5.74, 6) is 1.31. The van der Waals surface area contributed by atoms with Gasteiger partial charge in [0.25, 0.3) is 0 Å². The number of imidazole rings is 1. The normalized spacial score (nSPS) is 16.2. The van der Waals surface area contributed by atoms with Crippen LogP contribution in [-0.2, 0) is 6.42 Å². The van der Waals surface area contributed by atoms with Gasteiger partial charge in [-0.1, -0.05) is 141 Å². The number of hydrogen-bond donors (Lipinski definition) is 0. The summed E-state index contributed by atoms with van der Waals surface area (Å²) in [5.41, 5.74) is 16.9. The second kappa shape index (κ2) is 13.9. The molecule has 0 aliphatic carbocycles. The van der Waals surface area contributed by atoms with Crippen LogP contribution in [0.1, 0.15) is 35.9 Å². The van der Waals surface area contributed by atoms with Crippen molar-refractivity contribution in [3.05, 3.63) is 188 Å². The number of rotatable bonds is 3. The molecule has 5 nitrogen and oxygen atoms in total. The van der Waals surface area contributed by atoms with Crippen molar-refractivity contribution in [3.8, 4) is 39.5 Å². The van der Waals surface area contributed by atoms with Crippen molar-refractivity contribution in [1.29, 1.82) is 0 Å². The maximum atomic E-state index is 6.98. The summed E-state index contributed by atoms with van der Waals surface area (Å²) in [6, 6.07) is 59.6. The van der Waals surface area contributed by atoms with Crippen LogP contribution in [0.3, 0.4) is 0 Å². The summed E-state index contributed by atoms with van der Waals surface area (Å²) >= 11 is 0. The maximum absolute atomic E-state index is 6.98. The van der Waals surface area contributed by atoms with E-state index in [4.69, 9.17) is 15.4 Å². The van der Waals surface area contributed by atoms with Crippen LogP contribution in [0.2, 0.25) is 19.6 Å². The van der Waals surface area contributed by atoms with Crippen LogP contribution >= 0.6 is 0 Å². The Morgan fingerprint density at radius 3 is 2.08 bits per heavy atom. The van der Waals surface area contributed by atoms with Crippen LogP contribution in [-0.4, -0.2) is 12.6 Å². The highest BCUT2D eigenvalue weighted by Gasteiger charge is 2.45. The highest BCUT2D eigenvalue weighted by Crippen LogP contribution is 2.48. The van der Waals surface area contributed by atoms with Crippen molar-refractivity contribution in [2.45, 2.75) is 50.9 Å². The zero-order chi connectivity index (χ0) is 42.8. The molecule has 308 valence electrons. The van der Waals surface area contributed by atoms with E-state index in [1.165, 1.54) is 33.1 Å². The lowest BCUT2D eigenvalue weighted by Crippen LogP contribution is -2.54. The van der Waals surface area contributed by atoms with E-state index in [2.05, 4.69) is 203 Å². The molecule has 6 heterocycles. The van der Waals surface area contributed by atoms with Gasteiger partial charge in [0.2, 0.25) is 5.69 Å². The lowest BCUT2D eigenvalue weighted by molar-refractivity contribution is -0.719. The number of furan rings is 2. The van der Waals surface area contributed by atoms with E-state index in [1.54, 1.807) is 0 Å². The number of para-hydroxylation sites is 6. The number of fused-ring (bicyclic) bond motifs is 18. The van der Waals surface area contributed by atoms with E-state index in [9.17, 15) is 0 Å². The van der Waals surface area contributed by atoms with E-state index in [0.29, 0.717) is 0 Å². The molecular formula is C58H47N3O2Si+2. The molecule has 2 aliphatic heterocycles. The van der Waals surface area contributed by atoms with Crippen molar-refractivity contribution in [2.75, 3.05) is 0 Å². The lowest BCUT2D eigenvalue weighted by Gasteiger charge is -2.33. The molecule has 2 aliphatic rings. The number of benzene rings is 7. The van der Waals surface area contributed by atoms with Crippen molar-refractivity contribution in [2.24, 2.45) is 0 Å². The predicted octanol–water partition coefficient (Wildman–Crippen LogP) is 13.7. The van der Waals surface area contributed by atoms with Crippen LogP contribution < -0.4 is 14.3 Å². The molecule has 0 amide bonds. The molecular weight excluding hydrogens is 799 g/mol. The molecule has 0 radical (unpaired) electrons. The third-order valence-corrected chi connectivity index (χ3v) is 16.2. The van der Waals surface area contributed by atoms with Gasteiger partial charge in [-0.2, -0.15) is 13.7 Å². The Hall–Kier alpha value is -7.28. The predicted molar refractivity (Wildman–Crippen MR) is 264 cm³/mol. The minimum absolute atomic E-state index is 0.110. The summed E-state index contributed by atoms with van der Waals surface area (Å²) in [7, 11) is -1.97. The minimum Gasteiger partial charge on any atom is -0.455 e. The van der Waals surface area contributed by atoms with E-state index < -0.39 is 8.07 Å². The molecule has 11 aromatic rings. The Bertz CT molecular complexity index is 3730. The van der Waals surface area contributed by atoms with Gasteiger partial charge in [0.15, 0.2) is 28.9 Å². The van der Waals surface area contributed by atoms with E-state index >= 15 is 0 Å². The largest absolute Gasteiger partial charge is 0.455 e.